The molecule has 8 nitrogen and oxygen atoms in total. The Kier molecular flexibility index (Phi) is 5.57. The molecule has 21 heavy (non-hydrogen) atoms. The Balaban J connectivity index is 3.41. The van der Waals surface area contributed by atoms with Crippen molar-refractivity contribution in [1.29, 1.82) is 0 Å². The molecule has 9 heteroatoms. The van der Waals surface area contributed by atoms with Gasteiger partial charge in [0.15, 0.2) is 0 Å². The van der Waals surface area contributed by atoms with Gasteiger partial charge in [0, 0.05) is 24.1 Å². The molecule has 0 N–H and O–H groups in total. The lowest BCUT2D eigenvalue weighted by molar-refractivity contribution is -0.387. The van der Waals surface area contributed by atoms with Crippen molar-refractivity contribution in [2.75, 3.05) is 6.61 Å². The van der Waals surface area contributed by atoms with Gasteiger partial charge in [0.05, 0.1) is 17.1 Å². The van der Waals surface area contributed by atoms with Gasteiger partial charge in [-0.3, -0.25) is 14.9 Å². The zero-order valence-corrected chi connectivity index (χ0v) is 12.8. The number of aryl methyl sites for hydroxylation is 1. The van der Waals surface area contributed by atoms with E-state index < -0.39 is 34.1 Å². The van der Waals surface area contributed by atoms with Crippen LogP contribution < -0.4 is 5.56 Å². The minimum absolute atomic E-state index is 0.0455. The van der Waals surface area contributed by atoms with Crippen LogP contribution in [0.4, 0.5) is 5.69 Å². The van der Waals surface area contributed by atoms with Crippen molar-refractivity contribution >= 4 is 33.5 Å². The highest BCUT2D eigenvalue weighted by molar-refractivity contribution is 9.10. The SMILES string of the molecule is CCOC(=O)C(=C=O)Cc1c(Br)cn(C)c(=O)c1[N+](=O)[O-]. The Morgan fingerprint density at radius 1 is 1.57 bits per heavy atom. The number of hydrogen-bond acceptors (Lipinski definition) is 6. The molecule has 112 valence electrons. The molecule has 0 spiro atoms. The lowest BCUT2D eigenvalue weighted by Crippen LogP contribution is -2.22. The van der Waals surface area contributed by atoms with Crippen LogP contribution in [0.2, 0.25) is 0 Å². The highest BCUT2D eigenvalue weighted by atomic mass is 79.9. The van der Waals surface area contributed by atoms with Gasteiger partial charge in [0.25, 0.3) is 0 Å². The summed E-state index contributed by atoms with van der Waals surface area (Å²) < 4.78 is 5.91. The second-order valence-corrected chi connectivity index (χ2v) is 4.81. The first-order valence-electron chi connectivity index (χ1n) is 5.76. The van der Waals surface area contributed by atoms with Gasteiger partial charge in [-0.2, -0.15) is 0 Å². The van der Waals surface area contributed by atoms with Crippen LogP contribution in [0.3, 0.4) is 0 Å². The standard InChI is InChI=1S/C12H11BrN2O6/c1-3-21-12(18)7(6-16)4-8-9(13)5-14(2)11(17)10(8)15(19)20/h5H,3-4H2,1-2H3. The van der Waals surface area contributed by atoms with Crippen LogP contribution >= 0.6 is 15.9 Å². The van der Waals surface area contributed by atoms with Crippen LogP contribution in [-0.4, -0.2) is 28.0 Å². The predicted octanol–water partition coefficient (Wildman–Crippen LogP) is 0.920. The highest BCUT2D eigenvalue weighted by Crippen LogP contribution is 2.25. The van der Waals surface area contributed by atoms with E-state index in [0.717, 1.165) is 4.57 Å². The molecule has 0 unspecified atom stereocenters. The molecule has 0 radical (unpaired) electrons. The Morgan fingerprint density at radius 3 is 2.67 bits per heavy atom. The van der Waals surface area contributed by atoms with Crippen molar-refractivity contribution in [1.82, 2.24) is 4.57 Å². The van der Waals surface area contributed by atoms with E-state index >= 15 is 0 Å². The van der Waals surface area contributed by atoms with Gasteiger partial charge in [0.2, 0.25) is 0 Å². The first-order valence-corrected chi connectivity index (χ1v) is 6.56. The average Bonchev–Trinajstić information content (AvgIpc) is 2.40. The summed E-state index contributed by atoms with van der Waals surface area (Å²) in [5, 5.41) is 11.1. The van der Waals surface area contributed by atoms with Crippen molar-refractivity contribution in [3.63, 3.8) is 0 Å². The topological polar surface area (TPSA) is 109 Å². The molecular weight excluding hydrogens is 348 g/mol. The molecule has 1 aromatic rings. The van der Waals surface area contributed by atoms with Gasteiger partial charge < -0.3 is 9.30 Å². The molecule has 1 heterocycles. The Hall–Kier alpha value is -2.25. The summed E-state index contributed by atoms with van der Waals surface area (Å²) in [5.41, 5.74) is -2.04. The van der Waals surface area contributed by atoms with Crippen LogP contribution in [0.5, 0.6) is 0 Å². The van der Waals surface area contributed by atoms with Gasteiger partial charge in [-0.15, -0.1) is 0 Å². The number of carbonyl (C=O) groups is 1. The summed E-state index contributed by atoms with van der Waals surface area (Å²) in [6, 6.07) is 0. The number of aromatic nitrogens is 1. The molecule has 0 aromatic carbocycles. The van der Waals surface area contributed by atoms with Crippen LogP contribution in [-0.2, 0) is 27.8 Å². The number of ether oxygens (including phenoxy) is 1. The number of esters is 1. The molecule has 0 bridgehead atoms. The van der Waals surface area contributed by atoms with Crippen LogP contribution in [0.25, 0.3) is 0 Å². The molecule has 0 amide bonds. The first-order chi connectivity index (χ1) is 9.83. The first kappa shape index (κ1) is 16.8. The number of halogens is 1. The Bertz CT molecular complexity index is 702. The fraction of sp³-hybridized carbons (Fsp3) is 0.333. The maximum absolute atomic E-state index is 11.8. The van der Waals surface area contributed by atoms with Gasteiger partial charge in [0.1, 0.15) is 11.5 Å². The number of nitrogens with zero attached hydrogens (tertiary/aromatic N) is 2. The van der Waals surface area contributed by atoms with Gasteiger partial charge in [-0.25, -0.2) is 9.59 Å². The summed E-state index contributed by atoms with van der Waals surface area (Å²) in [6.45, 7) is 1.60. The molecule has 0 aliphatic carbocycles. The molecule has 0 atom stereocenters. The zero-order chi connectivity index (χ0) is 16.2. The molecular formula is C12H11BrN2O6. The van der Waals surface area contributed by atoms with Gasteiger partial charge in [-0.05, 0) is 22.9 Å². The van der Waals surface area contributed by atoms with E-state index in [1.807, 2.05) is 0 Å². The number of nitro groups is 1. The number of pyridine rings is 1. The van der Waals surface area contributed by atoms with Crippen molar-refractivity contribution in [2.24, 2.45) is 7.05 Å². The largest absolute Gasteiger partial charge is 0.462 e. The van der Waals surface area contributed by atoms with Crippen LogP contribution in [0, 0.1) is 10.1 Å². The second-order valence-electron chi connectivity index (χ2n) is 3.96. The van der Waals surface area contributed by atoms with Gasteiger partial charge in [-0.1, -0.05) is 0 Å². The van der Waals surface area contributed by atoms with Crippen molar-refractivity contribution in [2.45, 2.75) is 13.3 Å². The summed E-state index contributed by atoms with van der Waals surface area (Å²) in [4.78, 5) is 44.4. The predicted molar refractivity (Wildman–Crippen MR) is 75.6 cm³/mol. The highest BCUT2D eigenvalue weighted by Gasteiger charge is 2.26. The van der Waals surface area contributed by atoms with E-state index in [2.05, 4.69) is 20.7 Å². The van der Waals surface area contributed by atoms with E-state index in [4.69, 9.17) is 0 Å². The Labute approximate surface area is 127 Å². The van der Waals surface area contributed by atoms with E-state index in [0.29, 0.717) is 0 Å². The van der Waals surface area contributed by atoms with E-state index in [-0.39, 0.29) is 16.6 Å². The van der Waals surface area contributed by atoms with Crippen LogP contribution in [0.1, 0.15) is 12.5 Å². The fourth-order valence-corrected chi connectivity index (χ4v) is 2.25. The fourth-order valence-electron chi connectivity index (χ4n) is 1.62. The second kappa shape index (κ2) is 6.96. The molecule has 0 saturated heterocycles. The quantitative estimate of drug-likeness (QED) is 0.254. The number of hydrogen-bond donors (Lipinski definition) is 0. The average molecular weight is 359 g/mol. The third-order valence-corrected chi connectivity index (χ3v) is 3.27. The summed E-state index contributed by atoms with van der Waals surface area (Å²) >= 11 is 3.09. The van der Waals surface area contributed by atoms with Crippen molar-refractivity contribution in [3.05, 3.63) is 42.3 Å². The van der Waals surface area contributed by atoms with E-state index in [1.165, 1.54) is 19.2 Å². The third-order valence-electron chi connectivity index (χ3n) is 2.59. The monoisotopic (exact) mass is 358 g/mol. The smallest absolute Gasteiger partial charge is 0.345 e. The Morgan fingerprint density at radius 2 is 2.19 bits per heavy atom. The number of rotatable bonds is 5. The molecule has 0 fully saturated rings. The molecule has 1 rings (SSSR count). The maximum atomic E-state index is 11.8. The van der Waals surface area contributed by atoms with E-state index in [9.17, 15) is 24.5 Å². The normalized spacial score (nSPS) is 9.86. The van der Waals surface area contributed by atoms with Crippen molar-refractivity contribution < 1.29 is 19.2 Å². The molecule has 0 saturated carbocycles. The minimum atomic E-state index is -0.922. The van der Waals surface area contributed by atoms with E-state index in [1.54, 1.807) is 6.92 Å². The molecule has 0 aliphatic rings. The summed E-state index contributed by atoms with van der Waals surface area (Å²) in [5.74, 6) is 0.481. The minimum Gasteiger partial charge on any atom is -0.462 e. The third kappa shape index (κ3) is 3.65. The summed E-state index contributed by atoms with van der Waals surface area (Å²) in [7, 11) is 1.35. The maximum Gasteiger partial charge on any atom is 0.345 e. The number of carbonyl (C=O) groups excluding carboxylic acids is 2. The van der Waals surface area contributed by atoms with Gasteiger partial charge >= 0.3 is 17.2 Å². The molecule has 1 aromatic heterocycles. The zero-order valence-electron chi connectivity index (χ0n) is 11.2. The van der Waals surface area contributed by atoms with Crippen LogP contribution in [0.15, 0.2) is 21.0 Å². The lowest BCUT2D eigenvalue weighted by Gasteiger charge is -2.08. The summed E-state index contributed by atoms with van der Waals surface area (Å²) in [6.07, 6.45) is 0.896. The lowest BCUT2D eigenvalue weighted by atomic mass is 10.1. The molecule has 0 aliphatic heterocycles. The van der Waals surface area contributed by atoms with Crippen molar-refractivity contribution in [3.8, 4) is 0 Å².